The number of amides is 1. The maximum Gasteiger partial charge on any atom is 0.416 e. The first-order valence-electron chi connectivity index (χ1n) is 8.36. The third-order valence-corrected chi connectivity index (χ3v) is 4.81. The van der Waals surface area contributed by atoms with Gasteiger partial charge in [-0.2, -0.15) is 13.2 Å². The van der Waals surface area contributed by atoms with Crippen molar-refractivity contribution in [1.29, 1.82) is 0 Å². The summed E-state index contributed by atoms with van der Waals surface area (Å²) in [5, 5.41) is 2.86. The molecule has 2 aliphatic rings. The van der Waals surface area contributed by atoms with E-state index in [0.717, 1.165) is 17.7 Å². The van der Waals surface area contributed by atoms with Crippen LogP contribution in [0.3, 0.4) is 0 Å². The molecule has 1 aliphatic carbocycles. The monoisotopic (exact) mass is 357 g/mol. The van der Waals surface area contributed by atoms with Crippen molar-refractivity contribution >= 4 is 5.91 Å². The van der Waals surface area contributed by atoms with Gasteiger partial charge in [0.2, 0.25) is 5.91 Å². The van der Waals surface area contributed by atoms with Gasteiger partial charge in [-0.1, -0.05) is 12.1 Å². The van der Waals surface area contributed by atoms with Crippen molar-refractivity contribution in [1.82, 2.24) is 10.2 Å². The van der Waals surface area contributed by atoms with E-state index in [1.807, 2.05) is 0 Å². The lowest BCUT2D eigenvalue weighted by molar-refractivity contribution is -0.137. The lowest BCUT2D eigenvalue weighted by atomic mass is 10.0. The van der Waals surface area contributed by atoms with Crippen molar-refractivity contribution in [3.05, 3.63) is 35.4 Å². The highest BCUT2D eigenvalue weighted by Crippen LogP contribution is 2.33. The topological polar surface area (TPSA) is 67.6 Å². The van der Waals surface area contributed by atoms with Gasteiger partial charge in [0, 0.05) is 19.6 Å². The summed E-state index contributed by atoms with van der Waals surface area (Å²) in [5.74, 6) is -0.197. The number of hydrogen-bond acceptors (Lipinski definition) is 4. The van der Waals surface area contributed by atoms with Gasteiger partial charge in [0.15, 0.2) is 0 Å². The molecule has 25 heavy (non-hydrogen) atoms. The van der Waals surface area contributed by atoms with E-state index in [1.54, 1.807) is 0 Å². The molecule has 1 aliphatic heterocycles. The minimum absolute atomic E-state index is 0.197. The van der Waals surface area contributed by atoms with E-state index in [2.05, 4.69) is 10.2 Å². The van der Waals surface area contributed by atoms with Gasteiger partial charge in [0.05, 0.1) is 30.4 Å². The van der Waals surface area contributed by atoms with Crippen molar-refractivity contribution < 1.29 is 22.7 Å². The molecule has 5 nitrogen and oxygen atoms in total. The fraction of sp³-hybridized carbons (Fsp3) is 0.588. The highest BCUT2D eigenvalue weighted by Gasteiger charge is 2.46. The molecule has 1 atom stereocenters. The van der Waals surface area contributed by atoms with E-state index in [9.17, 15) is 18.0 Å². The zero-order valence-electron chi connectivity index (χ0n) is 13.8. The Kier molecular flexibility index (Phi) is 5.04. The molecule has 3 rings (SSSR count). The Labute approximate surface area is 144 Å². The second-order valence-corrected chi connectivity index (χ2v) is 6.65. The number of nitrogens with two attached hydrogens (primary N) is 1. The molecular formula is C17H22F3N3O2. The molecule has 0 radical (unpaired) electrons. The van der Waals surface area contributed by atoms with Crippen molar-refractivity contribution in [3.63, 3.8) is 0 Å². The van der Waals surface area contributed by atoms with E-state index in [-0.39, 0.29) is 11.9 Å². The van der Waals surface area contributed by atoms with E-state index in [4.69, 9.17) is 10.5 Å². The number of morpholine rings is 1. The molecular weight excluding hydrogens is 335 g/mol. The first-order valence-corrected chi connectivity index (χ1v) is 8.36. The van der Waals surface area contributed by atoms with Crippen LogP contribution in [0.5, 0.6) is 0 Å². The predicted octanol–water partition coefficient (Wildman–Crippen LogP) is 1.69. The standard InChI is InChI=1S/C17H22F3N3O2/c18-17(19,20)13-3-1-12(2-4-13)14(23-7-9-25-10-8-23)11-22-15(24)16(21)5-6-16/h1-4,14H,5-11,21H2,(H,22,24). The summed E-state index contributed by atoms with van der Waals surface area (Å²) in [6, 6.07) is 4.90. The van der Waals surface area contributed by atoms with Crippen LogP contribution in [0.2, 0.25) is 0 Å². The van der Waals surface area contributed by atoms with E-state index < -0.39 is 17.3 Å². The number of halogens is 3. The van der Waals surface area contributed by atoms with E-state index in [1.165, 1.54) is 12.1 Å². The number of nitrogens with one attached hydrogen (secondary N) is 1. The van der Waals surface area contributed by atoms with Crippen LogP contribution < -0.4 is 11.1 Å². The molecule has 1 aromatic carbocycles. The van der Waals surface area contributed by atoms with Crippen molar-refractivity contribution in [2.24, 2.45) is 5.73 Å². The maximum absolute atomic E-state index is 12.8. The van der Waals surface area contributed by atoms with Crippen LogP contribution in [0.15, 0.2) is 24.3 Å². The Morgan fingerprint density at radius 1 is 1.24 bits per heavy atom. The Hall–Kier alpha value is -1.64. The third-order valence-electron chi connectivity index (χ3n) is 4.81. The first kappa shape index (κ1) is 18.2. The van der Waals surface area contributed by atoms with Crippen LogP contribution >= 0.6 is 0 Å². The molecule has 0 aromatic heterocycles. The fourth-order valence-electron chi connectivity index (χ4n) is 2.97. The van der Waals surface area contributed by atoms with Crippen LogP contribution in [-0.4, -0.2) is 49.2 Å². The minimum atomic E-state index is -4.36. The number of ether oxygens (including phenoxy) is 1. The number of alkyl halides is 3. The molecule has 1 amide bonds. The normalized spacial score (nSPS) is 21.6. The maximum atomic E-state index is 12.8. The number of carbonyl (C=O) groups excluding carboxylic acids is 1. The molecule has 3 N–H and O–H groups in total. The molecule has 1 unspecified atom stereocenters. The summed E-state index contributed by atoms with van der Waals surface area (Å²) in [7, 11) is 0. The molecule has 2 fully saturated rings. The highest BCUT2D eigenvalue weighted by atomic mass is 19.4. The Morgan fingerprint density at radius 2 is 1.84 bits per heavy atom. The quantitative estimate of drug-likeness (QED) is 0.842. The SMILES string of the molecule is NC1(C(=O)NCC(c2ccc(C(F)(F)F)cc2)N2CCOCC2)CC1. The third kappa shape index (κ3) is 4.31. The van der Waals surface area contributed by atoms with Crippen LogP contribution in [0.4, 0.5) is 13.2 Å². The van der Waals surface area contributed by atoms with Crippen LogP contribution in [0.25, 0.3) is 0 Å². The Morgan fingerprint density at radius 3 is 2.36 bits per heavy atom. The zero-order valence-corrected chi connectivity index (χ0v) is 13.8. The molecule has 1 aromatic rings. The van der Waals surface area contributed by atoms with Crippen molar-refractivity contribution in [3.8, 4) is 0 Å². The molecule has 0 bridgehead atoms. The first-order chi connectivity index (χ1) is 11.8. The van der Waals surface area contributed by atoms with Gasteiger partial charge in [0.1, 0.15) is 0 Å². The van der Waals surface area contributed by atoms with Gasteiger partial charge in [0.25, 0.3) is 0 Å². The second-order valence-electron chi connectivity index (χ2n) is 6.65. The Bertz CT molecular complexity index is 609. The minimum Gasteiger partial charge on any atom is -0.379 e. The predicted molar refractivity (Wildman–Crippen MR) is 85.7 cm³/mol. The Balaban J connectivity index is 1.74. The average Bonchev–Trinajstić information content (AvgIpc) is 3.34. The van der Waals surface area contributed by atoms with Gasteiger partial charge >= 0.3 is 6.18 Å². The van der Waals surface area contributed by atoms with Crippen LogP contribution in [0.1, 0.15) is 30.0 Å². The second kappa shape index (κ2) is 6.93. The number of rotatable bonds is 5. The zero-order chi connectivity index (χ0) is 18.1. The number of carbonyl (C=O) groups is 1. The summed E-state index contributed by atoms with van der Waals surface area (Å²) in [5.41, 5.74) is 5.18. The molecule has 8 heteroatoms. The van der Waals surface area contributed by atoms with E-state index >= 15 is 0 Å². The molecule has 0 spiro atoms. The van der Waals surface area contributed by atoms with Crippen molar-refractivity contribution in [2.75, 3.05) is 32.8 Å². The molecule has 1 heterocycles. The number of benzene rings is 1. The van der Waals surface area contributed by atoms with Gasteiger partial charge in [-0.05, 0) is 30.5 Å². The number of hydrogen-bond donors (Lipinski definition) is 2. The van der Waals surface area contributed by atoms with Crippen LogP contribution in [-0.2, 0) is 15.7 Å². The molecule has 1 saturated carbocycles. The average molecular weight is 357 g/mol. The summed E-state index contributed by atoms with van der Waals surface area (Å²) >= 11 is 0. The lowest BCUT2D eigenvalue weighted by Crippen LogP contribution is -2.48. The smallest absolute Gasteiger partial charge is 0.379 e. The van der Waals surface area contributed by atoms with E-state index in [0.29, 0.717) is 45.7 Å². The molecule has 138 valence electrons. The summed E-state index contributed by atoms with van der Waals surface area (Å²) in [6.45, 7) is 2.76. The number of nitrogens with zero attached hydrogens (tertiary/aromatic N) is 1. The molecule has 1 saturated heterocycles. The van der Waals surface area contributed by atoms with Gasteiger partial charge in [-0.15, -0.1) is 0 Å². The van der Waals surface area contributed by atoms with Gasteiger partial charge in [-0.3, -0.25) is 9.69 Å². The van der Waals surface area contributed by atoms with Gasteiger partial charge < -0.3 is 15.8 Å². The largest absolute Gasteiger partial charge is 0.416 e. The summed E-state index contributed by atoms with van der Waals surface area (Å²) in [6.07, 6.45) is -3.03. The fourth-order valence-corrected chi connectivity index (χ4v) is 2.97. The highest BCUT2D eigenvalue weighted by molar-refractivity contribution is 5.89. The van der Waals surface area contributed by atoms with Gasteiger partial charge in [-0.25, -0.2) is 0 Å². The van der Waals surface area contributed by atoms with Crippen LogP contribution in [0, 0.1) is 0 Å². The lowest BCUT2D eigenvalue weighted by Gasteiger charge is -2.35. The summed E-state index contributed by atoms with van der Waals surface area (Å²) < 4.78 is 43.7. The summed E-state index contributed by atoms with van der Waals surface area (Å²) in [4.78, 5) is 14.2. The van der Waals surface area contributed by atoms with Crippen molar-refractivity contribution in [2.45, 2.75) is 30.6 Å².